The average molecular weight is 308 g/mol. The largest absolute Gasteiger partial charge is 0.394 e. The van der Waals surface area contributed by atoms with Gasteiger partial charge < -0.3 is 20.7 Å². The van der Waals surface area contributed by atoms with Crippen molar-refractivity contribution in [2.45, 2.75) is 31.3 Å². The third-order valence-electron chi connectivity index (χ3n) is 4.16. The first-order valence-corrected chi connectivity index (χ1v) is 7.21. The number of aliphatic hydroxyl groups is 2. The van der Waals surface area contributed by atoms with E-state index in [2.05, 4.69) is 15.4 Å². The SMILES string of the molecule is Nc1nc2c3c(cn(C4CC(O)C(CO)O4)c3[nH+]1)CCON2. The molecule has 2 aromatic rings. The number of nitrogen functional groups attached to an aromatic ring is 1. The van der Waals surface area contributed by atoms with Gasteiger partial charge in [0.15, 0.2) is 6.23 Å². The molecule has 0 amide bonds. The second kappa shape index (κ2) is 5.06. The maximum absolute atomic E-state index is 9.95. The van der Waals surface area contributed by atoms with E-state index in [9.17, 15) is 10.2 Å². The quantitative estimate of drug-likeness (QED) is 0.558. The highest BCUT2D eigenvalue weighted by Crippen LogP contribution is 2.35. The summed E-state index contributed by atoms with van der Waals surface area (Å²) in [5.74, 6) is 0.818. The van der Waals surface area contributed by atoms with E-state index < -0.39 is 12.2 Å². The lowest BCUT2D eigenvalue weighted by Crippen LogP contribution is -2.24. The van der Waals surface area contributed by atoms with Crippen LogP contribution >= 0.6 is 0 Å². The number of aromatic amines is 1. The highest BCUT2D eigenvalue weighted by molar-refractivity contribution is 5.89. The van der Waals surface area contributed by atoms with Crippen LogP contribution in [0.3, 0.4) is 0 Å². The molecule has 2 aromatic heterocycles. The lowest BCUT2D eigenvalue weighted by Gasteiger charge is -2.12. The number of rotatable bonds is 2. The van der Waals surface area contributed by atoms with E-state index in [4.69, 9.17) is 15.3 Å². The Morgan fingerprint density at radius 3 is 3.18 bits per heavy atom. The Balaban J connectivity index is 1.84. The van der Waals surface area contributed by atoms with Gasteiger partial charge in [0.25, 0.3) is 0 Å². The van der Waals surface area contributed by atoms with Gasteiger partial charge in [-0.3, -0.25) is 9.40 Å². The number of nitrogens with one attached hydrogen (secondary N) is 2. The molecule has 6 N–H and O–H groups in total. The number of hydrogen-bond donors (Lipinski definition) is 4. The van der Waals surface area contributed by atoms with Crippen LogP contribution in [0.5, 0.6) is 0 Å². The van der Waals surface area contributed by atoms with Gasteiger partial charge >= 0.3 is 5.95 Å². The molecule has 0 bridgehead atoms. The number of aromatic nitrogens is 3. The molecule has 2 aliphatic rings. The minimum atomic E-state index is -0.691. The van der Waals surface area contributed by atoms with Crippen molar-refractivity contribution >= 4 is 22.8 Å². The summed E-state index contributed by atoms with van der Waals surface area (Å²) in [6, 6.07) is 0. The number of hydrogen-bond acceptors (Lipinski definition) is 7. The van der Waals surface area contributed by atoms with Crippen LogP contribution in [0.15, 0.2) is 6.20 Å². The average Bonchev–Trinajstić information content (AvgIpc) is 2.96. The molecular weight excluding hydrogens is 290 g/mol. The van der Waals surface area contributed by atoms with Crippen molar-refractivity contribution < 1.29 is 24.8 Å². The van der Waals surface area contributed by atoms with E-state index in [0.717, 1.165) is 23.0 Å². The van der Waals surface area contributed by atoms with Gasteiger partial charge in [0.2, 0.25) is 11.5 Å². The van der Waals surface area contributed by atoms with Crippen LogP contribution in [0.25, 0.3) is 11.0 Å². The lowest BCUT2D eigenvalue weighted by molar-refractivity contribution is -0.336. The molecule has 4 heterocycles. The maximum Gasteiger partial charge on any atom is 0.344 e. The first-order valence-electron chi connectivity index (χ1n) is 7.21. The Kier molecular flexibility index (Phi) is 3.15. The summed E-state index contributed by atoms with van der Waals surface area (Å²) in [6.45, 7) is 0.306. The topological polar surface area (TPSA) is 129 Å². The smallest absolute Gasteiger partial charge is 0.344 e. The minimum absolute atomic E-state index is 0.211. The lowest BCUT2D eigenvalue weighted by atomic mass is 10.2. The summed E-state index contributed by atoms with van der Waals surface area (Å²) in [5, 5.41) is 20.1. The first-order chi connectivity index (χ1) is 10.7. The Morgan fingerprint density at radius 2 is 2.41 bits per heavy atom. The molecule has 1 saturated heterocycles. The zero-order valence-electron chi connectivity index (χ0n) is 11.8. The molecule has 4 rings (SSSR count). The van der Waals surface area contributed by atoms with Gasteiger partial charge in [0, 0.05) is 18.4 Å². The number of aliphatic hydroxyl groups excluding tert-OH is 2. The Bertz CT molecular complexity index is 718. The monoisotopic (exact) mass is 308 g/mol. The van der Waals surface area contributed by atoms with E-state index in [0.29, 0.717) is 18.8 Å². The molecule has 3 unspecified atom stereocenters. The van der Waals surface area contributed by atoms with Crippen molar-refractivity contribution in [1.82, 2.24) is 9.55 Å². The summed E-state index contributed by atoms with van der Waals surface area (Å²) in [6.07, 6.45) is 1.46. The molecule has 0 radical (unpaired) electrons. The molecule has 0 saturated carbocycles. The number of nitrogens with two attached hydrogens (primary N) is 1. The maximum atomic E-state index is 9.95. The van der Waals surface area contributed by atoms with Gasteiger partial charge in [0.05, 0.1) is 25.5 Å². The molecule has 9 nitrogen and oxygen atoms in total. The fraction of sp³-hybridized carbons (Fsp3) is 0.538. The third kappa shape index (κ3) is 2.02. The van der Waals surface area contributed by atoms with Crippen LogP contribution in [0.1, 0.15) is 18.2 Å². The van der Waals surface area contributed by atoms with Gasteiger partial charge in [0.1, 0.15) is 11.5 Å². The van der Waals surface area contributed by atoms with Crippen molar-refractivity contribution in [3.63, 3.8) is 0 Å². The molecule has 9 heteroatoms. The molecule has 2 aliphatic heterocycles. The van der Waals surface area contributed by atoms with Crippen LogP contribution in [-0.4, -0.2) is 45.2 Å². The van der Waals surface area contributed by atoms with Crippen molar-refractivity contribution in [2.75, 3.05) is 24.4 Å². The van der Waals surface area contributed by atoms with Crippen molar-refractivity contribution in [3.05, 3.63) is 11.8 Å². The Hall–Kier alpha value is -1.94. The predicted molar refractivity (Wildman–Crippen MR) is 75.6 cm³/mol. The second-order valence-electron chi connectivity index (χ2n) is 5.57. The van der Waals surface area contributed by atoms with Crippen LogP contribution in [0.4, 0.5) is 11.8 Å². The van der Waals surface area contributed by atoms with Crippen LogP contribution < -0.4 is 16.2 Å². The van der Waals surface area contributed by atoms with E-state index in [1.165, 1.54) is 0 Å². The summed E-state index contributed by atoms with van der Waals surface area (Å²) in [7, 11) is 0. The second-order valence-corrected chi connectivity index (χ2v) is 5.57. The van der Waals surface area contributed by atoms with Gasteiger partial charge in [-0.25, -0.2) is 10.5 Å². The molecule has 3 atom stereocenters. The Labute approximate surface area is 125 Å². The van der Waals surface area contributed by atoms with Crippen molar-refractivity contribution in [2.24, 2.45) is 0 Å². The standard InChI is InChI=1S/C13H17N5O4/c14-13-15-11-10-6(1-2-21-17-11)4-18(12(10)16-13)9-3-7(20)8(5-19)22-9/h4,7-9,19-20H,1-3,5H2,(H3,14,15,16,17)/p+1. The van der Waals surface area contributed by atoms with Gasteiger partial charge in [-0.1, -0.05) is 4.98 Å². The van der Waals surface area contributed by atoms with Crippen LogP contribution in [0, 0.1) is 0 Å². The third-order valence-corrected chi connectivity index (χ3v) is 4.16. The zero-order valence-corrected chi connectivity index (χ0v) is 11.8. The summed E-state index contributed by atoms with van der Waals surface area (Å²) in [4.78, 5) is 12.6. The van der Waals surface area contributed by atoms with Crippen molar-refractivity contribution in [3.8, 4) is 0 Å². The number of H-pyrrole nitrogens is 1. The minimum Gasteiger partial charge on any atom is -0.394 e. The van der Waals surface area contributed by atoms with E-state index >= 15 is 0 Å². The molecule has 0 aliphatic carbocycles. The first kappa shape index (κ1) is 13.7. The van der Waals surface area contributed by atoms with Crippen LogP contribution in [-0.2, 0) is 16.0 Å². The van der Waals surface area contributed by atoms with E-state index in [-0.39, 0.29) is 18.8 Å². The van der Waals surface area contributed by atoms with Crippen LogP contribution in [0.2, 0.25) is 0 Å². The molecular formula is C13H18N5O4+. The highest BCUT2D eigenvalue weighted by Gasteiger charge is 2.37. The predicted octanol–water partition coefficient (Wildman–Crippen LogP) is -1.03. The zero-order chi connectivity index (χ0) is 15.3. The normalized spacial score (nSPS) is 27.8. The molecule has 0 spiro atoms. The van der Waals surface area contributed by atoms with Gasteiger partial charge in [-0.15, -0.1) is 0 Å². The Morgan fingerprint density at radius 1 is 1.55 bits per heavy atom. The number of anilines is 2. The fourth-order valence-corrected chi connectivity index (χ4v) is 3.12. The molecule has 0 aromatic carbocycles. The molecule has 1 fully saturated rings. The van der Waals surface area contributed by atoms with Crippen molar-refractivity contribution in [1.29, 1.82) is 0 Å². The summed E-state index contributed by atoms with van der Waals surface area (Å²) < 4.78 is 7.64. The number of ether oxygens (including phenoxy) is 1. The fourth-order valence-electron chi connectivity index (χ4n) is 3.12. The van der Waals surface area contributed by atoms with E-state index in [1.807, 2.05) is 10.8 Å². The van der Waals surface area contributed by atoms with Gasteiger partial charge in [-0.2, -0.15) is 0 Å². The molecule has 22 heavy (non-hydrogen) atoms. The summed E-state index contributed by atoms with van der Waals surface area (Å²) >= 11 is 0. The highest BCUT2D eigenvalue weighted by atomic mass is 16.6. The molecule has 118 valence electrons. The van der Waals surface area contributed by atoms with Gasteiger partial charge in [-0.05, 0) is 0 Å². The summed E-state index contributed by atoms with van der Waals surface area (Å²) in [5.41, 5.74) is 10.5. The van der Waals surface area contributed by atoms with E-state index in [1.54, 1.807) is 0 Å². The number of nitrogens with zero attached hydrogens (tertiary/aromatic N) is 2.